The van der Waals surface area contributed by atoms with E-state index in [-0.39, 0.29) is 12.6 Å². The first-order valence-corrected chi connectivity index (χ1v) is 7.76. The number of aliphatic hydroxyl groups is 1. The van der Waals surface area contributed by atoms with Crippen molar-refractivity contribution in [2.75, 3.05) is 18.1 Å². The maximum Gasteiger partial charge on any atom is 0.0606 e. The van der Waals surface area contributed by atoms with Crippen molar-refractivity contribution in [1.29, 1.82) is 0 Å². The van der Waals surface area contributed by atoms with Crippen molar-refractivity contribution < 1.29 is 5.11 Å². The predicted molar refractivity (Wildman–Crippen MR) is 85.5 cm³/mol. The highest BCUT2D eigenvalue weighted by molar-refractivity contribution is 9.10. The molecule has 0 spiro atoms. The first kappa shape index (κ1) is 16.5. The number of aliphatic hydroxyl groups excluding tert-OH is 1. The summed E-state index contributed by atoms with van der Waals surface area (Å²) in [7, 11) is 0. The third-order valence-electron chi connectivity index (χ3n) is 3.51. The van der Waals surface area contributed by atoms with Crippen molar-refractivity contribution >= 4 is 21.6 Å². The lowest BCUT2D eigenvalue weighted by Gasteiger charge is -2.34. The molecule has 0 saturated carbocycles. The lowest BCUT2D eigenvalue weighted by Crippen LogP contribution is -2.37. The van der Waals surface area contributed by atoms with Gasteiger partial charge in [-0.15, -0.1) is 0 Å². The van der Waals surface area contributed by atoms with Crippen LogP contribution in [0.5, 0.6) is 0 Å². The van der Waals surface area contributed by atoms with Crippen LogP contribution in [-0.2, 0) is 0 Å². The second-order valence-corrected chi connectivity index (χ2v) is 5.79. The van der Waals surface area contributed by atoms with E-state index in [4.69, 9.17) is 5.73 Å². The van der Waals surface area contributed by atoms with E-state index >= 15 is 0 Å². The Kier molecular flexibility index (Phi) is 6.83. The Balaban J connectivity index is 3.21. The Hall–Kier alpha value is -0.580. The van der Waals surface area contributed by atoms with Crippen LogP contribution in [0.4, 0.5) is 5.69 Å². The van der Waals surface area contributed by atoms with Crippen molar-refractivity contribution in [2.24, 2.45) is 5.73 Å². The summed E-state index contributed by atoms with van der Waals surface area (Å²) >= 11 is 3.50. The molecule has 0 aliphatic rings. The summed E-state index contributed by atoms with van der Waals surface area (Å²) in [4.78, 5) is 2.28. The molecule has 0 aromatic heterocycles. The van der Waals surface area contributed by atoms with E-state index in [0.29, 0.717) is 12.6 Å². The SMILES string of the molecule is CCC(CC)N(CCO)c1ccc(Br)cc1C(C)N. The first-order chi connectivity index (χ1) is 9.04. The van der Waals surface area contributed by atoms with Crippen molar-refractivity contribution in [3.05, 3.63) is 28.2 Å². The van der Waals surface area contributed by atoms with Gasteiger partial charge in [0, 0.05) is 28.8 Å². The molecular weight excluding hydrogens is 304 g/mol. The molecule has 3 N–H and O–H groups in total. The smallest absolute Gasteiger partial charge is 0.0606 e. The zero-order valence-corrected chi connectivity index (χ0v) is 13.7. The fourth-order valence-electron chi connectivity index (χ4n) is 2.49. The molecule has 4 heteroatoms. The third-order valence-corrected chi connectivity index (χ3v) is 4.01. The largest absolute Gasteiger partial charge is 0.395 e. The van der Waals surface area contributed by atoms with Crippen molar-refractivity contribution in [3.8, 4) is 0 Å². The van der Waals surface area contributed by atoms with Gasteiger partial charge in [-0.2, -0.15) is 0 Å². The number of hydrogen-bond acceptors (Lipinski definition) is 3. The number of benzene rings is 1. The molecule has 1 aromatic carbocycles. The molecule has 0 bridgehead atoms. The fraction of sp³-hybridized carbons (Fsp3) is 0.600. The van der Waals surface area contributed by atoms with Gasteiger partial charge in [0.2, 0.25) is 0 Å². The molecule has 0 amide bonds. The highest BCUT2D eigenvalue weighted by Crippen LogP contribution is 2.31. The Morgan fingerprint density at radius 2 is 1.95 bits per heavy atom. The van der Waals surface area contributed by atoms with Crippen molar-refractivity contribution in [3.63, 3.8) is 0 Å². The Morgan fingerprint density at radius 3 is 2.42 bits per heavy atom. The lowest BCUT2D eigenvalue weighted by molar-refractivity contribution is 0.296. The third kappa shape index (κ3) is 4.20. The lowest BCUT2D eigenvalue weighted by atomic mass is 10.0. The van der Waals surface area contributed by atoms with Crippen molar-refractivity contribution in [2.45, 2.75) is 45.7 Å². The molecule has 0 aliphatic carbocycles. The normalized spacial score (nSPS) is 12.8. The molecule has 0 saturated heterocycles. The number of hydrogen-bond donors (Lipinski definition) is 2. The van der Waals surface area contributed by atoms with E-state index in [9.17, 15) is 5.11 Å². The van der Waals surface area contributed by atoms with Gasteiger partial charge in [-0.05, 0) is 43.5 Å². The van der Waals surface area contributed by atoms with Gasteiger partial charge in [0.1, 0.15) is 0 Å². The molecule has 0 radical (unpaired) electrons. The molecule has 1 unspecified atom stereocenters. The van der Waals surface area contributed by atoms with Crippen LogP contribution in [0.25, 0.3) is 0 Å². The highest BCUT2D eigenvalue weighted by atomic mass is 79.9. The van der Waals surface area contributed by atoms with E-state index in [2.05, 4.69) is 46.8 Å². The maximum absolute atomic E-state index is 9.34. The zero-order chi connectivity index (χ0) is 14.4. The molecule has 1 atom stereocenters. The van der Waals surface area contributed by atoms with Gasteiger partial charge in [-0.3, -0.25) is 0 Å². The van der Waals surface area contributed by atoms with Crippen LogP contribution in [0, 0.1) is 0 Å². The Bertz CT molecular complexity index is 392. The van der Waals surface area contributed by atoms with Gasteiger partial charge < -0.3 is 15.7 Å². The summed E-state index contributed by atoms with van der Waals surface area (Å²) in [6, 6.07) is 6.62. The van der Waals surface area contributed by atoms with Crippen LogP contribution >= 0.6 is 15.9 Å². The molecule has 0 heterocycles. The molecule has 1 rings (SSSR count). The van der Waals surface area contributed by atoms with Gasteiger partial charge >= 0.3 is 0 Å². The Labute approximate surface area is 124 Å². The summed E-state index contributed by atoms with van der Waals surface area (Å²) in [5.41, 5.74) is 8.35. The first-order valence-electron chi connectivity index (χ1n) is 6.97. The minimum Gasteiger partial charge on any atom is -0.395 e. The van der Waals surface area contributed by atoms with Gasteiger partial charge in [-0.25, -0.2) is 0 Å². The van der Waals surface area contributed by atoms with Gasteiger partial charge in [0.05, 0.1) is 6.61 Å². The Morgan fingerprint density at radius 1 is 1.32 bits per heavy atom. The summed E-state index contributed by atoms with van der Waals surface area (Å²) in [5, 5.41) is 9.34. The number of anilines is 1. The molecule has 108 valence electrons. The van der Waals surface area contributed by atoms with Gasteiger partial charge in [-0.1, -0.05) is 29.8 Å². The quantitative estimate of drug-likeness (QED) is 0.805. The molecular formula is C15H25BrN2O. The average molecular weight is 329 g/mol. The molecule has 1 aromatic rings. The average Bonchev–Trinajstić information content (AvgIpc) is 2.39. The summed E-state index contributed by atoms with van der Waals surface area (Å²) in [6.07, 6.45) is 2.12. The minimum absolute atomic E-state index is 0.0249. The van der Waals surface area contributed by atoms with Crippen LogP contribution in [0.3, 0.4) is 0 Å². The predicted octanol–water partition coefficient (Wildman–Crippen LogP) is 3.46. The standard InChI is InChI=1S/C15H25BrN2O/c1-4-13(5-2)18(8-9-19)15-7-6-12(16)10-14(15)11(3)17/h6-7,10-11,13,19H,4-5,8-9,17H2,1-3H3. The molecule has 0 fully saturated rings. The van der Waals surface area contributed by atoms with Crippen LogP contribution in [0.1, 0.15) is 45.2 Å². The summed E-state index contributed by atoms with van der Waals surface area (Å²) in [6.45, 7) is 7.17. The molecule has 19 heavy (non-hydrogen) atoms. The van der Waals surface area contributed by atoms with Gasteiger partial charge in [0.25, 0.3) is 0 Å². The molecule has 3 nitrogen and oxygen atoms in total. The summed E-state index contributed by atoms with van der Waals surface area (Å²) < 4.78 is 1.04. The number of nitrogens with two attached hydrogens (primary N) is 1. The van der Waals surface area contributed by atoms with Gasteiger partial charge in [0.15, 0.2) is 0 Å². The van der Waals surface area contributed by atoms with E-state index in [1.807, 2.05) is 13.0 Å². The van der Waals surface area contributed by atoms with Crippen LogP contribution in [0.15, 0.2) is 22.7 Å². The van der Waals surface area contributed by atoms with Crippen LogP contribution < -0.4 is 10.6 Å². The number of nitrogens with zero attached hydrogens (tertiary/aromatic N) is 1. The second kappa shape index (κ2) is 7.88. The van der Waals surface area contributed by atoms with Crippen LogP contribution in [-0.4, -0.2) is 24.3 Å². The monoisotopic (exact) mass is 328 g/mol. The second-order valence-electron chi connectivity index (χ2n) is 4.88. The maximum atomic E-state index is 9.34. The number of halogens is 1. The van der Waals surface area contributed by atoms with Crippen molar-refractivity contribution in [1.82, 2.24) is 0 Å². The topological polar surface area (TPSA) is 49.5 Å². The number of rotatable bonds is 7. The summed E-state index contributed by atoms with van der Waals surface area (Å²) in [5.74, 6) is 0. The van der Waals surface area contributed by atoms with E-state index in [0.717, 1.165) is 28.6 Å². The van der Waals surface area contributed by atoms with E-state index in [1.54, 1.807) is 0 Å². The fourth-order valence-corrected chi connectivity index (χ4v) is 2.87. The zero-order valence-electron chi connectivity index (χ0n) is 12.1. The highest BCUT2D eigenvalue weighted by Gasteiger charge is 2.19. The minimum atomic E-state index is -0.0249. The molecule has 0 aliphatic heterocycles. The van der Waals surface area contributed by atoms with Crippen LogP contribution in [0.2, 0.25) is 0 Å². The van der Waals surface area contributed by atoms with E-state index < -0.39 is 0 Å². The van der Waals surface area contributed by atoms with E-state index in [1.165, 1.54) is 0 Å².